The normalized spacial score (nSPS) is 15.8. The second kappa shape index (κ2) is 8.83. The van der Waals surface area contributed by atoms with Crippen LogP contribution in [0, 0.1) is 0 Å². The minimum atomic E-state index is -0.139. The highest BCUT2D eigenvalue weighted by atomic mass is 32.2. The van der Waals surface area contributed by atoms with Gasteiger partial charge in [0.25, 0.3) is 5.91 Å². The molecule has 0 radical (unpaired) electrons. The number of carbonyl (C=O) groups is 2. The van der Waals surface area contributed by atoms with Crippen LogP contribution >= 0.6 is 47.1 Å². The summed E-state index contributed by atoms with van der Waals surface area (Å²) in [5.41, 5.74) is 1.58. The number of hydrogen-bond acceptors (Lipinski definition) is 7. The Morgan fingerprint density at radius 1 is 1.28 bits per heavy atom. The monoisotopic (exact) mass is 459 g/mol. The molecule has 2 aromatic heterocycles. The fraction of sp³-hybridized carbons (Fsp3) is 0.200. The molecular formula is C20H17N3O2S4. The van der Waals surface area contributed by atoms with E-state index in [1.807, 2.05) is 54.8 Å². The first-order valence-electron chi connectivity index (χ1n) is 9.01. The van der Waals surface area contributed by atoms with Crippen LogP contribution in [0.2, 0.25) is 0 Å². The third kappa shape index (κ3) is 4.18. The molecule has 0 atom stereocenters. The summed E-state index contributed by atoms with van der Waals surface area (Å²) in [6.45, 7) is 2.28. The highest BCUT2D eigenvalue weighted by Crippen LogP contribution is 2.33. The maximum Gasteiger partial charge on any atom is 0.266 e. The third-order valence-corrected chi connectivity index (χ3v) is 7.31. The molecule has 29 heavy (non-hydrogen) atoms. The van der Waals surface area contributed by atoms with Crippen molar-refractivity contribution in [3.8, 4) is 0 Å². The number of para-hydroxylation sites is 2. The maximum atomic E-state index is 13.0. The Labute approximate surface area is 186 Å². The molecule has 0 bridgehead atoms. The van der Waals surface area contributed by atoms with Crippen molar-refractivity contribution in [1.29, 1.82) is 0 Å². The summed E-state index contributed by atoms with van der Waals surface area (Å²) in [6.07, 6.45) is 2.03. The molecule has 1 aliphatic heterocycles. The smallest absolute Gasteiger partial charge is 0.266 e. The Morgan fingerprint density at radius 3 is 2.86 bits per heavy atom. The molecule has 0 aliphatic carbocycles. The number of imidazole rings is 1. The first-order chi connectivity index (χ1) is 14.1. The SMILES string of the molecule is CCSc1nc2ccccc2n1C(=O)CCN1C(=O)/C(=C\c2cccs2)SC1=S. The summed E-state index contributed by atoms with van der Waals surface area (Å²) in [5, 5.41) is 2.65. The van der Waals surface area contributed by atoms with Gasteiger partial charge in [0.15, 0.2) is 5.16 Å². The van der Waals surface area contributed by atoms with Crippen molar-refractivity contribution in [3.05, 3.63) is 51.6 Å². The lowest BCUT2D eigenvalue weighted by atomic mass is 10.3. The maximum absolute atomic E-state index is 13.0. The molecule has 1 amide bonds. The Bertz CT molecular complexity index is 1120. The van der Waals surface area contributed by atoms with Crippen LogP contribution in [0.15, 0.2) is 51.8 Å². The van der Waals surface area contributed by atoms with E-state index in [1.165, 1.54) is 28.4 Å². The zero-order valence-electron chi connectivity index (χ0n) is 15.5. The number of thiophene rings is 1. The van der Waals surface area contributed by atoms with Crippen molar-refractivity contribution in [2.45, 2.75) is 18.5 Å². The largest absolute Gasteiger partial charge is 0.292 e. The zero-order chi connectivity index (χ0) is 20.4. The number of amides is 1. The highest BCUT2D eigenvalue weighted by molar-refractivity contribution is 8.26. The van der Waals surface area contributed by atoms with Crippen LogP contribution in [0.1, 0.15) is 23.0 Å². The van der Waals surface area contributed by atoms with E-state index in [9.17, 15) is 9.59 Å². The summed E-state index contributed by atoms with van der Waals surface area (Å²) in [4.78, 5) is 33.5. The molecule has 0 saturated carbocycles. The zero-order valence-corrected chi connectivity index (χ0v) is 18.8. The number of thiocarbonyl (C=S) groups is 1. The van der Waals surface area contributed by atoms with E-state index in [0.29, 0.717) is 14.4 Å². The second-order valence-electron chi connectivity index (χ2n) is 6.14. The molecule has 9 heteroatoms. The van der Waals surface area contributed by atoms with Crippen molar-refractivity contribution < 1.29 is 9.59 Å². The van der Waals surface area contributed by atoms with Gasteiger partial charge in [-0.25, -0.2) is 4.98 Å². The van der Waals surface area contributed by atoms with Crippen molar-refractivity contribution in [3.63, 3.8) is 0 Å². The number of benzene rings is 1. The first kappa shape index (κ1) is 20.3. The minimum Gasteiger partial charge on any atom is -0.292 e. The van der Waals surface area contributed by atoms with Crippen LogP contribution in [0.5, 0.6) is 0 Å². The Hall–Kier alpha value is -1.94. The molecule has 1 aliphatic rings. The predicted molar refractivity (Wildman–Crippen MR) is 126 cm³/mol. The van der Waals surface area contributed by atoms with Gasteiger partial charge in [0.1, 0.15) is 4.32 Å². The third-order valence-electron chi connectivity index (χ3n) is 4.29. The van der Waals surface area contributed by atoms with Gasteiger partial charge in [0, 0.05) is 17.8 Å². The highest BCUT2D eigenvalue weighted by Gasteiger charge is 2.32. The van der Waals surface area contributed by atoms with E-state index in [2.05, 4.69) is 4.98 Å². The Morgan fingerprint density at radius 2 is 2.10 bits per heavy atom. The van der Waals surface area contributed by atoms with Gasteiger partial charge in [-0.2, -0.15) is 0 Å². The molecule has 0 spiro atoms. The quantitative estimate of drug-likeness (QED) is 0.289. The van der Waals surface area contributed by atoms with Crippen molar-refractivity contribution in [1.82, 2.24) is 14.5 Å². The average molecular weight is 460 g/mol. The van der Waals surface area contributed by atoms with Crippen molar-refractivity contribution in [2.24, 2.45) is 0 Å². The molecule has 1 saturated heterocycles. The number of carbonyl (C=O) groups excluding carboxylic acids is 2. The van der Waals surface area contributed by atoms with E-state index < -0.39 is 0 Å². The molecule has 5 nitrogen and oxygen atoms in total. The predicted octanol–water partition coefficient (Wildman–Crippen LogP) is 5.14. The van der Waals surface area contributed by atoms with Gasteiger partial charge in [-0.3, -0.25) is 19.1 Å². The number of fused-ring (bicyclic) bond motifs is 1. The average Bonchev–Trinajstić information content (AvgIpc) is 3.40. The molecule has 1 aromatic carbocycles. The van der Waals surface area contributed by atoms with Gasteiger partial charge in [0.2, 0.25) is 5.91 Å². The summed E-state index contributed by atoms with van der Waals surface area (Å²) in [7, 11) is 0. The summed E-state index contributed by atoms with van der Waals surface area (Å²) in [6, 6.07) is 11.5. The first-order valence-corrected chi connectivity index (χ1v) is 12.1. The Balaban J connectivity index is 1.52. The van der Waals surface area contributed by atoms with E-state index in [0.717, 1.165) is 21.7 Å². The van der Waals surface area contributed by atoms with Gasteiger partial charge < -0.3 is 0 Å². The van der Waals surface area contributed by atoms with Crippen LogP contribution < -0.4 is 0 Å². The Kier molecular flexibility index (Phi) is 6.19. The van der Waals surface area contributed by atoms with Gasteiger partial charge in [-0.15, -0.1) is 11.3 Å². The molecule has 4 rings (SSSR count). The lowest BCUT2D eigenvalue weighted by Gasteiger charge is -2.14. The van der Waals surface area contributed by atoms with Gasteiger partial charge in [0.05, 0.1) is 15.9 Å². The molecule has 148 valence electrons. The van der Waals surface area contributed by atoms with Gasteiger partial charge in [-0.1, -0.05) is 60.9 Å². The fourth-order valence-corrected chi connectivity index (χ4v) is 5.77. The standard InChI is InChI=1S/C20H17N3O2S4/c1-2-27-19-21-14-7-3-4-8-15(14)23(19)17(24)9-10-22-18(25)16(29-20(22)26)12-13-6-5-11-28-13/h3-8,11-12H,2,9-10H2,1H3/b16-12+. The topological polar surface area (TPSA) is 55.2 Å². The van der Waals surface area contributed by atoms with E-state index in [4.69, 9.17) is 12.2 Å². The van der Waals surface area contributed by atoms with Crippen LogP contribution in [0.3, 0.4) is 0 Å². The minimum absolute atomic E-state index is 0.0917. The van der Waals surface area contributed by atoms with Gasteiger partial charge >= 0.3 is 0 Å². The lowest BCUT2D eigenvalue weighted by Crippen LogP contribution is -2.31. The van der Waals surface area contributed by atoms with Crippen LogP contribution in [-0.4, -0.2) is 42.9 Å². The number of hydrogen-bond donors (Lipinski definition) is 0. The molecule has 0 unspecified atom stereocenters. The molecule has 1 fully saturated rings. The van der Waals surface area contributed by atoms with Crippen LogP contribution in [-0.2, 0) is 4.79 Å². The van der Waals surface area contributed by atoms with E-state index in [1.54, 1.807) is 15.9 Å². The van der Waals surface area contributed by atoms with Crippen LogP contribution in [0.25, 0.3) is 17.1 Å². The number of rotatable bonds is 6. The molecule has 0 N–H and O–H groups in total. The fourth-order valence-electron chi connectivity index (χ4n) is 2.99. The molecule has 3 aromatic rings. The number of thioether (sulfide) groups is 2. The summed E-state index contributed by atoms with van der Waals surface area (Å²) < 4.78 is 2.15. The molecular weight excluding hydrogens is 443 g/mol. The van der Waals surface area contributed by atoms with Crippen molar-refractivity contribution >= 4 is 80.3 Å². The number of nitrogens with zero attached hydrogens (tertiary/aromatic N) is 3. The lowest BCUT2D eigenvalue weighted by molar-refractivity contribution is -0.122. The molecule has 3 heterocycles. The van der Waals surface area contributed by atoms with Crippen molar-refractivity contribution in [2.75, 3.05) is 12.3 Å². The second-order valence-corrected chi connectivity index (χ2v) is 10.0. The van der Waals surface area contributed by atoms with E-state index in [-0.39, 0.29) is 24.8 Å². The van der Waals surface area contributed by atoms with Crippen LogP contribution in [0.4, 0.5) is 0 Å². The van der Waals surface area contributed by atoms with E-state index >= 15 is 0 Å². The summed E-state index contributed by atoms with van der Waals surface area (Å²) in [5.74, 6) is 0.588. The summed E-state index contributed by atoms with van der Waals surface area (Å²) >= 11 is 9.76. The number of aromatic nitrogens is 2. The van der Waals surface area contributed by atoms with Gasteiger partial charge in [-0.05, 0) is 35.4 Å².